The lowest BCUT2D eigenvalue weighted by atomic mass is 9.82. The average Bonchev–Trinajstić information content (AvgIpc) is 3.50. The highest BCUT2D eigenvalue weighted by Gasteiger charge is 2.62. The number of rotatable bonds is 7. The second-order valence-corrected chi connectivity index (χ2v) is 31.2. The number of hydrogen-bond donors (Lipinski definition) is 0. The molecule has 3 aliphatic rings. The van der Waals surface area contributed by atoms with Crippen LogP contribution in [-0.4, -0.2) is 18.5 Å². The van der Waals surface area contributed by atoms with Crippen molar-refractivity contribution in [3.63, 3.8) is 0 Å². The summed E-state index contributed by atoms with van der Waals surface area (Å²) in [6.07, 6.45) is 1.66. The predicted octanol–water partition coefficient (Wildman–Crippen LogP) is 19.0. The summed E-state index contributed by atoms with van der Waals surface area (Å²) in [6, 6.07) is 82.4. The van der Waals surface area contributed by atoms with Gasteiger partial charge in [-0.2, -0.15) is 0 Å². The van der Waals surface area contributed by atoms with E-state index in [2.05, 4.69) is 249 Å². The molecule has 3 aliphatic heterocycles. The third-order valence-corrected chi connectivity index (χ3v) is 27.9. The first-order valence-corrected chi connectivity index (χ1v) is 33.3. The van der Waals surface area contributed by atoms with E-state index in [-0.39, 0.29) is 5.92 Å². The molecule has 0 N–H and O–H groups in total. The van der Waals surface area contributed by atoms with Gasteiger partial charge in [0.1, 0.15) is 54.1 Å². The van der Waals surface area contributed by atoms with Gasteiger partial charge in [0, 0.05) is 13.4 Å². The molecule has 16 heteroatoms. The van der Waals surface area contributed by atoms with Crippen LogP contribution in [0.15, 0.2) is 281 Å². The molecule has 0 unspecified atom stereocenters. The maximum absolute atomic E-state index is 5.77. The summed E-state index contributed by atoms with van der Waals surface area (Å²) < 4.78 is 2.41. The van der Waals surface area contributed by atoms with E-state index in [1.807, 2.05) is 54.6 Å². The summed E-state index contributed by atoms with van der Waals surface area (Å²) in [5.74, 6) is -0.0430. The number of nitrogens with zero attached hydrogens (tertiary/aromatic N) is 10. The van der Waals surface area contributed by atoms with Gasteiger partial charge in [-0.3, -0.25) is 0 Å². The van der Waals surface area contributed by atoms with Gasteiger partial charge in [0.25, 0.3) is 0 Å². The summed E-state index contributed by atoms with van der Waals surface area (Å²) in [7, 11) is -9.17. The molecule has 0 aliphatic carbocycles. The highest BCUT2D eigenvalue weighted by Crippen LogP contribution is 2.76. The van der Waals surface area contributed by atoms with Crippen molar-refractivity contribution in [1.29, 1.82) is 0 Å². The van der Waals surface area contributed by atoms with Crippen LogP contribution in [0, 0.1) is 11.3 Å². The maximum atomic E-state index is 5.77. The van der Waals surface area contributed by atoms with E-state index in [1.165, 1.54) is 0 Å². The van der Waals surface area contributed by atoms with Gasteiger partial charge in [-0.25, -0.2) is 31.3 Å². The van der Waals surface area contributed by atoms with Gasteiger partial charge < -0.3 is 20.2 Å². The Hall–Kier alpha value is -6.29. The molecule has 0 radical (unpaired) electrons. The molecule has 9 aromatic carbocycles. The van der Waals surface area contributed by atoms with Crippen LogP contribution in [0.1, 0.15) is 13.8 Å². The van der Waals surface area contributed by atoms with Crippen LogP contribution in [0.3, 0.4) is 0 Å². The van der Waals surface area contributed by atoms with Gasteiger partial charge >= 0.3 is 0 Å². The minimum Gasteiger partial charge on any atom is -0.348 e. The Bertz CT molecular complexity index is 3100. The summed E-state index contributed by atoms with van der Waals surface area (Å²) in [6.45, 7) is 4.73. The van der Waals surface area contributed by atoms with Crippen molar-refractivity contribution in [3.8, 4) is 0 Å². The first-order chi connectivity index (χ1) is 37.6. The predicted molar refractivity (Wildman–Crippen MR) is 337 cm³/mol. The summed E-state index contributed by atoms with van der Waals surface area (Å²) in [4.78, 5) is 2.13. The molecule has 77 heavy (non-hydrogen) atoms. The Balaban J connectivity index is 1.34. The number of fused-ring (bicyclic) bond motifs is 9. The Morgan fingerprint density at radius 3 is 0.818 bits per heavy atom. The average molecular weight is 1260 g/mol. The molecule has 0 saturated carbocycles. The van der Waals surface area contributed by atoms with Crippen LogP contribution in [0.25, 0.3) is 15.6 Å². The fourth-order valence-electron chi connectivity index (χ4n) is 10.5. The molecule has 0 fully saturated rings. The molecule has 0 spiro atoms. The van der Waals surface area contributed by atoms with E-state index < -0.39 is 27.7 Å². The first kappa shape index (κ1) is 52.7. The van der Waals surface area contributed by atoms with Crippen LogP contribution in [0.5, 0.6) is 0 Å². The molecule has 10 nitrogen and oxygen atoms in total. The van der Waals surface area contributed by atoms with Crippen LogP contribution in [-0.2, 0) is 0 Å². The third-order valence-electron chi connectivity index (χ3n) is 14.5. The quantitative estimate of drug-likeness (QED) is 0.145. The zero-order valence-corrected chi connectivity index (χ0v) is 49.6. The normalized spacial score (nSPS) is 17.6. The summed E-state index contributed by atoms with van der Waals surface area (Å²) in [5.41, 5.74) is 3.43. The molecular weight excluding hydrogens is 1210 g/mol. The van der Waals surface area contributed by atoms with E-state index in [9.17, 15) is 0 Å². The van der Waals surface area contributed by atoms with Crippen LogP contribution in [0.4, 0.5) is 34.1 Å². The number of hydrogen-bond acceptors (Lipinski definition) is 7. The third kappa shape index (κ3) is 10.6. The van der Waals surface area contributed by atoms with Crippen molar-refractivity contribution in [2.45, 2.75) is 13.8 Å². The maximum Gasteiger partial charge on any atom is 0.127 e. The van der Waals surface area contributed by atoms with E-state index in [1.54, 1.807) is 0 Å². The van der Waals surface area contributed by atoms with Crippen molar-refractivity contribution in [2.24, 2.45) is 42.3 Å². The summed E-state index contributed by atoms with van der Waals surface area (Å²) in [5, 5.41) is 54.3. The van der Waals surface area contributed by atoms with Crippen LogP contribution < -0.4 is 36.7 Å². The Morgan fingerprint density at radius 1 is 0.364 bits per heavy atom. The lowest BCUT2D eigenvalue weighted by molar-refractivity contribution is 0.300. The molecule has 0 atom stereocenters. The topological polar surface area (TPSA) is 120 Å². The van der Waals surface area contributed by atoms with Crippen LogP contribution in [0.2, 0.25) is 0 Å². The molecule has 0 amide bonds. The van der Waals surface area contributed by atoms with E-state index >= 15 is 0 Å². The van der Waals surface area contributed by atoms with Crippen LogP contribution >= 0.6 is 70.0 Å². The highest BCUT2D eigenvalue weighted by atomic mass is 79.9. The van der Waals surface area contributed by atoms with Crippen molar-refractivity contribution < 1.29 is 0 Å². The fourth-order valence-corrected chi connectivity index (χ4v) is 24.1. The number of anilines is 3. The minimum absolute atomic E-state index is 0.0430. The van der Waals surface area contributed by atoms with Gasteiger partial charge in [-0.1, -0.05) is 141 Å². The molecule has 382 valence electrons. The monoisotopic (exact) mass is 1250 g/mol. The van der Waals surface area contributed by atoms with Gasteiger partial charge in [0.2, 0.25) is 0 Å². The number of benzene rings is 9. The van der Waals surface area contributed by atoms with Crippen molar-refractivity contribution in [1.82, 2.24) is 0 Å². The fraction of sp³-hybridized carbons (Fsp3) is 0.115. The standard InChI is InChI=1S/C61H52Br3N10P3/c1-45(2)61-42-75(49-21-9-3-10-22-49,50-23-11-4-12-24-50)71-68-65-46-33-36-55(62)58(39-46)74(59-40-47(34-37-56(59)63)66-69-72-76(43-61,51-25-13-5-14-26-51)52-27-15-6-16-28-52)60-41-48(35-38-57(60)64)67-70-73-77(44-61,53-29-17-7-18-30-53)54-31-19-8-20-32-54/h3-41,45H,42-44H2,1-2H3. The Kier molecular flexibility index (Phi) is 15.7. The van der Waals surface area contributed by atoms with E-state index in [0.29, 0.717) is 35.5 Å². The molecule has 0 aromatic heterocycles. The molecular formula is C61H52Br3N10P3. The summed E-state index contributed by atoms with van der Waals surface area (Å²) >= 11 is 11.9. The first-order valence-electron chi connectivity index (χ1n) is 25.2. The van der Waals surface area contributed by atoms with Gasteiger partial charge in [0.05, 0.1) is 41.0 Å². The number of halogens is 3. The zero-order valence-electron chi connectivity index (χ0n) is 42.2. The largest absolute Gasteiger partial charge is 0.348 e. The lowest BCUT2D eigenvalue weighted by Crippen LogP contribution is -2.48. The smallest absolute Gasteiger partial charge is 0.127 e. The SMILES string of the molecule is CC(C)C12C[P+](c3ccccc3)(c3ccccc3)[N-]N=Nc3ccc(Br)c(c3)N(c3cc(ccc3Br)N=N[N-][P+](c3ccccc3)(c3ccccc3)C1)c1cc(ccc1Br)N=N[N-][P+](c1ccccc1)(c1ccccc1)C2. The van der Waals surface area contributed by atoms with Gasteiger partial charge in [-0.15, -0.1) is 0 Å². The van der Waals surface area contributed by atoms with E-state index in [0.717, 1.165) is 62.3 Å². The highest BCUT2D eigenvalue weighted by molar-refractivity contribution is 9.11. The Morgan fingerprint density at radius 2 is 0.597 bits per heavy atom. The second kappa shape index (κ2) is 23.0. The molecule has 0 saturated heterocycles. The second-order valence-electron chi connectivity index (χ2n) is 19.4. The van der Waals surface area contributed by atoms with Crippen molar-refractivity contribution in [2.75, 3.05) is 23.4 Å². The Labute approximate surface area is 477 Å². The van der Waals surface area contributed by atoms with E-state index in [4.69, 9.17) is 46.6 Å². The minimum atomic E-state index is -3.06. The van der Waals surface area contributed by atoms with Crippen molar-refractivity contribution >= 4 is 136 Å². The lowest BCUT2D eigenvalue weighted by Gasteiger charge is -2.47. The molecule has 8 bridgehead atoms. The zero-order chi connectivity index (χ0) is 52.9. The molecule has 3 heterocycles. The molecule has 12 rings (SSSR count). The van der Waals surface area contributed by atoms with Crippen molar-refractivity contribution in [3.05, 3.63) is 266 Å². The van der Waals surface area contributed by atoms with Gasteiger partial charge in [-0.05, 0) is 180 Å². The molecule has 9 aromatic rings. The van der Waals surface area contributed by atoms with Gasteiger partial charge in [0.15, 0.2) is 0 Å².